The van der Waals surface area contributed by atoms with Crippen molar-refractivity contribution in [2.24, 2.45) is 0 Å². The third kappa shape index (κ3) is 3.25. The lowest BCUT2D eigenvalue weighted by atomic mass is 10.9. The third-order valence-electron chi connectivity index (χ3n) is 0.856. The molecule has 68 valence electrons. The summed E-state index contributed by atoms with van der Waals surface area (Å²) >= 11 is -2.82. The SMILES string of the molecule is O=S(O)C(O)S(=O)(=O)CCO. The molecule has 0 saturated heterocycles. The summed E-state index contributed by atoms with van der Waals surface area (Å²) in [4.78, 5) is 0. The van der Waals surface area contributed by atoms with Gasteiger partial charge in [0.1, 0.15) is 0 Å². The number of hydrogen-bond donors (Lipinski definition) is 3. The molecule has 0 aliphatic rings. The van der Waals surface area contributed by atoms with Crippen molar-refractivity contribution in [3.63, 3.8) is 0 Å². The largest absolute Gasteiger partial charge is 0.395 e. The van der Waals surface area contributed by atoms with Gasteiger partial charge in [0.25, 0.3) is 4.77 Å². The molecule has 8 heteroatoms. The molecule has 6 nitrogen and oxygen atoms in total. The van der Waals surface area contributed by atoms with E-state index < -0.39 is 38.0 Å². The van der Waals surface area contributed by atoms with Gasteiger partial charge in [0.05, 0.1) is 12.4 Å². The van der Waals surface area contributed by atoms with E-state index >= 15 is 0 Å². The van der Waals surface area contributed by atoms with Gasteiger partial charge in [-0.25, -0.2) is 12.6 Å². The Balaban J connectivity index is 4.44. The van der Waals surface area contributed by atoms with Crippen molar-refractivity contribution >= 4 is 20.9 Å². The highest BCUT2D eigenvalue weighted by molar-refractivity contribution is 8.04. The van der Waals surface area contributed by atoms with Gasteiger partial charge in [-0.2, -0.15) is 0 Å². The summed E-state index contributed by atoms with van der Waals surface area (Å²) in [7, 11) is -4.05. The van der Waals surface area contributed by atoms with E-state index in [0.29, 0.717) is 0 Å². The lowest BCUT2D eigenvalue weighted by Gasteiger charge is -2.05. The molecule has 0 spiro atoms. The van der Waals surface area contributed by atoms with Crippen molar-refractivity contribution in [3.8, 4) is 0 Å². The van der Waals surface area contributed by atoms with Gasteiger partial charge in [-0.15, -0.1) is 0 Å². The highest BCUT2D eigenvalue weighted by Crippen LogP contribution is 2.01. The first-order chi connectivity index (χ1) is 4.91. The molecule has 0 aromatic rings. The maximum absolute atomic E-state index is 10.6. The highest BCUT2D eigenvalue weighted by atomic mass is 32.3. The smallest absolute Gasteiger partial charge is 0.257 e. The molecular weight excluding hydrogens is 196 g/mol. The average molecular weight is 204 g/mol. The number of rotatable bonds is 4. The topological polar surface area (TPSA) is 112 Å². The van der Waals surface area contributed by atoms with Gasteiger partial charge in [0.15, 0.2) is 20.9 Å². The Morgan fingerprint density at radius 2 is 1.91 bits per heavy atom. The minimum absolute atomic E-state index is 0.684. The van der Waals surface area contributed by atoms with Gasteiger partial charge < -0.3 is 14.8 Å². The molecule has 0 rings (SSSR count). The fraction of sp³-hybridized carbons (Fsp3) is 1.00. The van der Waals surface area contributed by atoms with E-state index in [-0.39, 0.29) is 0 Å². The van der Waals surface area contributed by atoms with Gasteiger partial charge in [0, 0.05) is 0 Å². The summed E-state index contributed by atoms with van der Waals surface area (Å²) in [6.45, 7) is -0.684. The summed E-state index contributed by atoms with van der Waals surface area (Å²) in [6, 6.07) is 0. The van der Waals surface area contributed by atoms with Gasteiger partial charge in [-0.05, 0) is 0 Å². The molecule has 0 saturated carbocycles. The molecule has 2 unspecified atom stereocenters. The highest BCUT2D eigenvalue weighted by Gasteiger charge is 2.27. The Kier molecular flexibility index (Phi) is 4.11. The fourth-order valence-corrected chi connectivity index (χ4v) is 2.10. The second-order valence-electron chi connectivity index (χ2n) is 1.67. The van der Waals surface area contributed by atoms with Gasteiger partial charge in [-0.3, -0.25) is 0 Å². The van der Waals surface area contributed by atoms with E-state index in [1.807, 2.05) is 0 Å². The van der Waals surface area contributed by atoms with E-state index in [1.165, 1.54) is 0 Å². The first-order valence-electron chi connectivity index (χ1n) is 2.52. The zero-order valence-corrected chi connectivity index (χ0v) is 7.01. The summed E-state index contributed by atoms with van der Waals surface area (Å²) in [5.41, 5.74) is 0. The molecule has 0 amide bonds. The van der Waals surface area contributed by atoms with Crippen LogP contribution in [-0.2, 0) is 20.9 Å². The Bertz CT molecular complexity index is 230. The quantitative estimate of drug-likeness (QED) is 0.452. The maximum atomic E-state index is 10.6. The summed E-state index contributed by atoms with van der Waals surface area (Å²) in [5.74, 6) is -0.722. The Morgan fingerprint density at radius 1 is 1.45 bits per heavy atom. The Hall–Kier alpha value is -0.0200. The van der Waals surface area contributed by atoms with Crippen LogP contribution in [0.5, 0.6) is 0 Å². The van der Waals surface area contributed by atoms with Crippen LogP contribution >= 0.6 is 0 Å². The first kappa shape index (κ1) is 11.0. The second-order valence-corrected chi connectivity index (χ2v) is 5.15. The summed E-state index contributed by atoms with van der Waals surface area (Å²) in [6.07, 6.45) is 0. The minimum Gasteiger partial charge on any atom is -0.395 e. The monoisotopic (exact) mass is 204 g/mol. The van der Waals surface area contributed by atoms with Crippen molar-refractivity contribution < 1.29 is 27.4 Å². The number of hydrogen-bond acceptors (Lipinski definition) is 5. The molecule has 0 aliphatic carbocycles. The van der Waals surface area contributed by atoms with Gasteiger partial charge >= 0.3 is 0 Å². The van der Waals surface area contributed by atoms with Crippen LogP contribution in [0.4, 0.5) is 0 Å². The van der Waals surface area contributed by atoms with Crippen LogP contribution in [0.1, 0.15) is 0 Å². The van der Waals surface area contributed by atoms with Crippen LogP contribution in [0.25, 0.3) is 0 Å². The number of sulfone groups is 1. The standard InChI is InChI=1S/C3H8O6S2/c4-1-2-11(8,9)3(5)10(6)7/h3-5H,1-2H2,(H,6,7). The first-order valence-corrected chi connectivity index (χ1v) is 5.40. The molecule has 0 fully saturated rings. The maximum Gasteiger partial charge on any atom is 0.257 e. The molecule has 0 heterocycles. The zero-order chi connectivity index (χ0) is 9.07. The molecule has 2 atom stereocenters. The molecule has 3 N–H and O–H groups in total. The van der Waals surface area contributed by atoms with Crippen LogP contribution < -0.4 is 0 Å². The van der Waals surface area contributed by atoms with E-state index in [1.54, 1.807) is 0 Å². The van der Waals surface area contributed by atoms with Crippen LogP contribution in [0.3, 0.4) is 0 Å². The average Bonchev–Trinajstić information content (AvgIpc) is 1.86. The second kappa shape index (κ2) is 4.12. The lowest BCUT2D eigenvalue weighted by molar-refractivity contribution is 0.298. The zero-order valence-electron chi connectivity index (χ0n) is 5.37. The van der Waals surface area contributed by atoms with E-state index in [0.717, 1.165) is 0 Å². The molecule has 0 aliphatic heterocycles. The fourth-order valence-electron chi connectivity index (χ4n) is 0.353. The van der Waals surface area contributed by atoms with Crippen molar-refractivity contribution in [2.45, 2.75) is 4.77 Å². The number of aliphatic hydroxyl groups excluding tert-OH is 2. The van der Waals surface area contributed by atoms with Gasteiger partial charge in [0.2, 0.25) is 0 Å². The van der Waals surface area contributed by atoms with Crippen LogP contribution in [0.2, 0.25) is 0 Å². The van der Waals surface area contributed by atoms with Crippen LogP contribution in [0.15, 0.2) is 0 Å². The van der Waals surface area contributed by atoms with Crippen LogP contribution in [0, 0.1) is 0 Å². The van der Waals surface area contributed by atoms with Crippen molar-refractivity contribution in [1.82, 2.24) is 0 Å². The molecule has 0 radical (unpaired) electrons. The molecule has 0 aromatic carbocycles. The van der Waals surface area contributed by atoms with Crippen molar-refractivity contribution in [1.29, 1.82) is 0 Å². The molecular formula is C3H8O6S2. The Morgan fingerprint density at radius 3 is 2.18 bits per heavy atom. The summed E-state index contributed by atoms with van der Waals surface area (Å²) < 4.78 is 37.1. The molecule has 11 heavy (non-hydrogen) atoms. The number of aliphatic hydroxyl groups is 2. The predicted molar refractivity (Wildman–Crippen MR) is 37.7 cm³/mol. The Labute approximate surface area is 66.1 Å². The normalized spacial score (nSPS) is 17.7. The van der Waals surface area contributed by atoms with Crippen molar-refractivity contribution in [3.05, 3.63) is 0 Å². The molecule has 0 bridgehead atoms. The van der Waals surface area contributed by atoms with E-state index in [2.05, 4.69) is 0 Å². The van der Waals surface area contributed by atoms with Gasteiger partial charge in [-0.1, -0.05) is 0 Å². The third-order valence-corrected chi connectivity index (χ3v) is 3.94. The molecule has 0 aromatic heterocycles. The van der Waals surface area contributed by atoms with E-state index in [9.17, 15) is 12.6 Å². The van der Waals surface area contributed by atoms with Crippen molar-refractivity contribution in [2.75, 3.05) is 12.4 Å². The predicted octanol–water partition coefficient (Wildman–Crippen LogP) is -2.11. The lowest BCUT2D eigenvalue weighted by Crippen LogP contribution is -2.28. The van der Waals surface area contributed by atoms with E-state index in [4.69, 9.17) is 14.8 Å². The van der Waals surface area contributed by atoms with Crippen LogP contribution in [-0.4, -0.2) is 44.5 Å². The minimum atomic E-state index is -4.05. The summed E-state index contributed by atoms with van der Waals surface area (Å²) in [5, 5.41) is 16.7.